The van der Waals surface area contributed by atoms with Gasteiger partial charge in [0, 0.05) is 22.6 Å². The number of amides is 5. The fourth-order valence-corrected chi connectivity index (χ4v) is 3.59. The first-order valence-corrected chi connectivity index (χ1v) is 9.58. The van der Waals surface area contributed by atoms with Crippen molar-refractivity contribution in [3.05, 3.63) is 34.3 Å². The SMILES string of the molecule is CN(CC(=O)NC(C)(C)C)C(=O)CN1C(=O)NC(C)(c2ccccc2Br)C1=O. The summed E-state index contributed by atoms with van der Waals surface area (Å²) < 4.78 is 0.676. The largest absolute Gasteiger partial charge is 0.350 e. The molecule has 1 heterocycles. The maximum atomic E-state index is 12.9. The Bertz CT molecular complexity index is 820. The van der Waals surface area contributed by atoms with Crippen molar-refractivity contribution in [3.63, 3.8) is 0 Å². The highest BCUT2D eigenvalue weighted by molar-refractivity contribution is 9.10. The van der Waals surface area contributed by atoms with Crippen LogP contribution in [0.1, 0.15) is 33.3 Å². The van der Waals surface area contributed by atoms with E-state index in [4.69, 9.17) is 0 Å². The average Bonchev–Trinajstić information content (AvgIpc) is 2.77. The molecule has 1 aliphatic heterocycles. The standard InChI is InChI=1S/C19H25BrN4O4/c1-18(2,3)21-14(25)10-23(5)15(26)11-24-16(27)19(4,22-17(24)28)12-8-6-7-9-13(12)20/h6-9H,10-11H2,1-5H3,(H,21,25)(H,22,28). The Labute approximate surface area is 172 Å². The molecule has 152 valence electrons. The van der Waals surface area contributed by atoms with Crippen molar-refractivity contribution >= 4 is 39.7 Å². The zero-order valence-corrected chi connectivity index (χ0v) is 18.2. The van der Waals surface area contributed by atoms with Crippen molar-refractivity contribution < 1.29 is 19.2 Å². The summed E-state index contributed by atoms with van der Waals surface area (Å²) in [6.45, 7) is 6.50. The van der Waals surface area contributed by atoms with Gasteiger partial charge in [-0.05, 0) is 33.8 Å². The van der Waals surface area contributed by atoms with Crippen molar-refractivity contribution in [2.24, 2.45) is 0 Å². The first-order chi connectivity index (χ1) is 12.8. The van der Waals surface area contributed by atoms with E-state index in [1.165, 1.54) is 11.9 Å². The number of nitrogens with one attached hydrogen (secondary N) is 2. The first kappa shape index (κ1) is 21.9. The minimum Gasteiger partial charge on any atom is -0.350 e. The lowest BCUT2D eigenvalue weighted by Gasteiger charge is -2.25. The summed E-state index contributed by atoms with van der Waals surface area (Å²) in [4.78, 5) is 51.8. The van der Waals surface area contributed by atoms with Crippen LogP contribution in [-0.4, -0.2) is 59.2 Å². The van der Waals surface area contributed by atoms with Crippen molar-refractivity contribution in [1.29, 1.82) is 0 Å². The monoisotopic (exact) mass is 452 g/mol. The molecule has 1 aromatic rings. The van der Waals surface area contributed by atoms with E-state index >= 15 is 0 Å². The minimum absolute atomic E-state index is 0.165. The van der Waals surface area contributed by atoms with Gasteiger partial charge in [-0.25, -0.2) is 4.79 Å². The molecule has 0 aromatic heterocycles. The zero-order chi connectivity index (χ0) is 21.3. The van der Waals surface area contributed by atoms with Gasteiger partial charge in [0.15, 0.2) is 0 Å². The lowest BCUT2D eigenvalue weighted by molar-refractivity contribution is -0.139. The Morgan fingerprint density at radius 3 is 2.43 bits per heavy atom. The third-order valence-corrected chi connectivity index (χ3v) is 4.99. The molecule has 1 unspecified atom stereocenters. The topological polar surface area (TPSA) is 98.8 Å². The number of nitrogens with zero attached hydrogens (tertiary/aromatic N) is 2. The van der Waals surface area contributed by atoms with Gasteiger partial charge >= 0.3 is 6.03 Å². The van der Waals surface area contributed by atoms with Crippen LogP contribution in [0.4, 0.5) is 4.79 Å². The average molecular weight is 453 g/mol. The Balaban J connectivity index is 2.09. The Kier molecular flexibility index (Phi) is 6.18. The van der Waals surface area contributed by atoms with E-state index in [1.807, 2.05) is 20.8 Å². The molecule has 5 amide bonds. The molecular weight excluding hydrogens is 428 g/mol. The molecule has 0 spiro atoms. The van der Waals surface area contributed by atoms with Gasteiger partial charge in [0.1, 0.15) is 12.1 Å². The second-order valence-corrected chi connectivity index (χ2v) is 8.83. The third-order valence-electron chi connectivity index (χ3n) is 4.30. The molecule has 1 atom stereocenters. The summed E-state index contributed by atoms with van der Waals surface area (Å²) in [6.07, 6.45) is 0. The maximum absolute atomic E-state index is 12.9. The number of hydrogen-bond donors (Lipinski definition) is 2. The van der Waals surface area contributed by atoms with Crippen LogP contribution in [0, 0.1) is 0 Å². The summed E-state index contributed by atoms with van der Waals surface area (Å²) >= 11 is 3.39. The van der Waals surface area contributed by atoms with Crippen molar-refractivity contribution in [1.82, 2.24) is 20.4 Å². The van der Waals surface area contributed by atoms with Crippen molar-refractivity contribution in [3.8, 4) is 0 Å². The van der Waals surface area contributed by atoms with Crippen molar-refractivity contribution in [2.75, 3.05) is 20.1 Å². The van der Waals surface area contributed by atoms with E-state index in [2.05, 4.69) is 26.6 Å². The maximum Gasteiger partial charge on any atom is 0.325 e. The van der Waals surface area contributed by atoms with E-state index in [0.29, 0.717) is 10.0 Å². The van der Waals surface area contributed by atoms with E-state index < -0.39 is 35.5 Å². The smallest absolute Gasteiger partial charge is 0.325 e. The van der Waals surface area contributed by atoms with Crippen LogP contribution in [0.5, 0.6) is 0 Å². The molecule has 1 fully saturated rings. The van der Waals surface area contributed by atoms with Gasteiger partial charge < -0.3 is 15.5 Å². The molecule has 28 heavy (non-hydrogen) atoms. The predicted molar refractivity (Wildman–Crippen MR) is 107 cm³/mol. The Hall–Kier alpha value is -2.42. The molecule has 0 bridgehead atoms. The molecule has 0 aliphatic carbocycles. The molecular formula is C19H25BrN4O4. The van der Waals surface area contributed by atoms with E-state index in [0.717, 1.165) is 4.90 Å². The van der Waals surface area contributed by atoms with Crippen LogP contribution >= 0.6 is 15.9 Å². The summed E-state index contributed by atoms with van der Waals surface area (Å²) in [5, 5.41) is 5.42. The van der Waals surface area contributed by atoms with Gasteiger partial charge in [0.25, 0.3) is 5.91 Å². The second kappa shape index (κ2) is 7.90. The summed E-state index contributed by atoms with van der Waals surface area (Å²) in [6, 6.07) is 6.42. The quantitative estimate of drug-likeness (QED) is 0.662. The van der Waals surface area contributed by atoms with Gasteiger partial charge in [-0.15, -0.1) is 0 Å². The summed E-state index contributed by atoms with van der Waals surface area (Å²) in [7, 11) is 1.45. The lowest BCUT2D eigenvalue weighted by Crippen LogP contribution is -2.48. The number of carbonyl (C=O) groups excluding carboxylic acids is 4. The number of hydrogen-bond acceptors (Lipinski definition) is 4. The van der Waals surface area contributed by atoms with E-state index in [1.54, 1.807) is 31.2 Å². The van der Waals surface area contributed by atoms with Crippen molar-refractivity contribution in [2.45, 2.75) is 38.8 Å². The number of halogens is 1. The first-order valence-electron chi connectivity index (χ1n) is 8.79. The Morgan fingerprint density at radius 1 is 1.25 bits per heavy atom. The fraction of sp³-hybridized carbons (Fsp3) is 0.474. The van der Waals surface area contributed by atoms with Crippen LogP contribution in [0.25, 0.3) is 0 Å². The molecule has 8 nitrogen and oxygen atoms in total. The molecule has 2 N–H and O–H groups in total. The number of rotatable bonds is 5. The van der Waals surface area contributed by atoms with Gasteiger partial charge in [-0.1, -0.05) is 34.1 Å². The highest BCUT2D eigenvalue weighted by atomic mass is 79.9. The normalized spacial score (nSPS) is 19.4. The lowest BCUT2D eigenvalue weighted by atomic mass is 9.92. The predicted octanol–water partition coefficient (Wildman–Crippen LogP) is 1.59. The molecule has 0 radical (unpaired) electrons. The second-order valence-electron chi connectivity index (χ2n) is 7.97. The molecule has 1 saturated heterocycles. The van der Waals surface area contributed by atoms with Crippen LogP contribution in [0.2, 0.25) is 0 Å². The highest BCUT2D eigenvalue weighted by Crippen LogP contribution is 2.33. The van der Waals surface area contributed by atoms with Crippen LogP contribution < -0.4 is 10.6 Å². The zero-order valence-electron chi connectivity index (χ0n) is 16.6. The molecule has 1 aromatic carbocycles. The van der Waals surface area contributed by atoms with Crippen LogP contribution in [0.15, 0.2) is 28.7 Å². The minimum atomic E-state index is -1.28. The number of imide groups is 1. The Morgan fingerprint density at radius 2 is 1.86 bits per heavy atom. The van der Waals surface area contributed by atoms with Gasteiger partial charge in [0.2, 0.25) is 11.8 Å². The van der Waals surface area contributed by atoms with Crippen LogP contribution in [0.3, 0.4) is 0 Å². The molecule has 1 aliphatic rings. The van der Waals surface area contributed by atoms with Gasteiger partial charge in [-0.3, -0.25) is 19.3 Å². The molecule has 2 rings (SSSR count). The van der Waals surface area contributed by atoms with Gasteiger partial charge in [0.05, 0.1) is 6.54 Å². The highest BCUT2D eigenvalue weighted by Gasteiger charge is 2.50. The molecule has 0 saturated carbocycles. The number of benzene rings is 1. The fourth-order valence-electron chi connectivity index (χ4n) is 2.91. The van der Waals surface area contributed by atoms with Crippen LogP contribution in [-0.2, 0) is 19.9 Å². The number of carbonyl (C=O) groups is 4. The third kappa shape index (κ3) is 4.70. The summed E-state index contributed by atoms with van der Waals surface area (Å²) in [5.41, 5.74) is -1.10. The number of likely N-dealkylation sites (N-methyl/N-ethyl adjacent to an activating group) is 1. The number of urea groups is 1. The van der Waals surface area contributed by atoms with E-state index in [-0.39, 0.29) is 12.5 Å². The van der Waals surface area contributed by atoms with Gasteiger partial charge in [-0.2, -0.15) is 0 Å². The molecule has 9 heteroatoms. The van der Waals surface area contributed by atoms with E-state index in [9.17, 15) is 19.2 Å². The summed E-state index contributed by atoms with van der Waals surface area (Å²) in [5.74, 6) is -1.35.